The maximum atomic E-state index is 12.2. The molecule has 0 radical (unpaired) electrons. The average molecular weight is 252 g/mol. The van der Waals surface area contributed by atoms with Crippen molar-refractivity contribution in [3.05, 3.63) is 22.4 Å². The van der Waals surface area contributed by atoms with Gasteiger partial charge >= 0.3 is 0 Å². The van der Waals surface area contributed by atoms with E-state index in [1.54, 1.807) is 11.3 Å². The number of carbonyl (C=O) groups excluding carboxylic acids is 1. The molecule has 2 unspecified atom stereocenters. The van der Waals surface area contributed by atoms with E-state index < -0.39 is 0 Å². The van der Waals surface area contributed by atoms with Crippen molar-refractivity contribution in [2.45, 2.75) is 38.8 Å². The molecule has 4 heteroatoms. The second-order valence-electron chi connectivity index (χ2n) is 4.70. The van der Waals surface area contributed by atoms with Crippen molar-refractivity contribution in [2.75, 3.05) is 13.1 Å². The first-order valence-electron chi connectivity index (χ1n) is 6.22. The molecule has 1 aliphatic rings. The van der Waals surface area contributed by atoms with Crippen molar-refractivity contribution < 1.29 is 4.79 Å². The van der Waals surface area contributed by atoms with Gasteiger partial charge < -0.3 is 10.2 Å². The lowest BCUT2D eigenvalue weighted by Gasteiger charge is -2.38. The predicted octanol–water partition coefficient (Wildman–Crippen LogP) is 1.89. The fourth-order valence-corrected chi connectivity index (χ4v) is 2.94. The second-order valence-corrected chi connectivity index (χ2v) is 5.48. The van der Waals surface area contributed by atoms with Crippen LogP contribution in [0, 0.1) is 0 Å². The Labute approximate surface area is 107 Å². The van der Waals surface area contributed by atoms with E-state index in [2.05, 4.69) is 36.0 Å². The molecule has 0 bridgehead atoms. The van der Waals surface area contributed by atoms with E-state index in [1.807, 2.05) is 4.90 Å². The Morgan fingerprint density at radius 3 is 3.12 bits per heavy atom. The van der Waals surface area contributed by atoms with Crippen molar-refractivity contribution in [1.29, 1.82) is 0 Å². The third kappa shape index (κ3) is 3.07. The van der Waals surface area contributed by atoms with Crippen LogP contribution in [-0.4, -0.2) is 36.0 Å². The highest BCUT2D eigenvalue weighted by Gasteiger charge is 2.27. The van der Waals surface area contributed by atoms with E-state index in [1.165, 1.54) is 5.56 Å². The SMILES string of the molecule is CC1NCCN(C(=O)CCc2ccsc2)C1C. The van der Waals surface area contributed by atoms with Crippen LogP contribution in [0.5, 0.6) is 0 Å². The first-order valence-corrected chi connectivity index (χ1v) is 7.16. The number of aryl methyl sites for hydroxylation is 1. The Bertz CT molecular complexity index is 364. The van der Waals surface area contributed by atoms with Crippen LogP contribution in [-0.2, 0) is 11.2 Å². The molecule has 0 aliphatic carbocycles. The second kappa shape index (κ2) is 5.65. The number of hydrogen-bond donors (Lipinski definition) is 1. The number of rotatable bonds is 3. The van der Waals surface area contributed by atoms with E-state index in [0.717, 1.165) is 19.5 Å². The van der Waals surface area contributed by atoms with E-state index in [9.17, 15) is 4.79 Å². The highest BCUT2D eigenvalue weighted by Crippen LogP contribution is 2.13. The predicted molar refractivity (Wildman–Crippen MR) is 71.3 cm³/mol. The fourth-order valence-electron chi connectivity index (χ4n) is 2.24. The summed E-state index contributed by atoms with van der Waals surface area (Å²) in [5.41, 5.74) is 1.28. The van der Waals surface area contributed by atoms with E-state index in [-0.39, 0.29) is 5.91 Å². The standard InChI is InChI=1S/C13H20N2OS/c1-10-11(2)15(7-6-14-10)13(16)4-3-12-5-8-17-9-12/h5,8-11,14H,3-4,6-7H2,1-2H3. The molecule has 0 saturated carbocycles. The Morgan fingerprint density at radius 2 is 2.41 bits per heavy atom. The monoisotopic (exact) mass is 252 g/mol. The number of carbonyl (C=O) groups is 1. The van der Waals surface area contributed by atoms with Crippen LogP contribution in [0.15, 0.2) is 16.8 Å². The van der Waals surface area contributed by atoms with Crippen LogP contribution in [0.3, 0.4) is 0 Å². The van der Waals surface area contributed by atoms with Crippen LogP contribution >= 0.6 is 11.3 Å². The van der Waals surface area contributed by atoms with Crippen LogP contribution in [0.25, 0.3) is 0 Å². The highest BCUT2D eigenvalue weighted by molar-refractivity contribution is 7.07. The van der Waals surface area contributed by atoms with Crippen LogP contribution in [0.1, 0.15) is 25.8 Å². The molecule has 2 heterocycles. The molecule has 1 saturated heterocycles. The average Bonchev–Trinajstić information content (AvgIpc) is 2.82. The molecule has 1 N–H and O–H groups in total. The highest BCUT2D eigenvalue weighted by atomic mass is 32.1. The minimum atomic E-state index is 0.289. The van der Waals surface area contributed by atoms with E-state index in [4.69, 9.17) is 0 Å². The minimum Gasteiger partial charge on any atom is -0.337 e. The lowest BCUT2D eigenvalue weighted by Crippen LogP contribution is -2.57. The summed E-state index contributed by atoms with van der Waals surface area (Å²) in [4.78, 5) is 14.2. The van der Waals surface area contributed by atoms with E-state index in [0.29, 0.717) is 18.5 Å². The summed E-state index contributed by atoms with van der Waals surface area (Å²) >= 11 is 1.69. The van der Waals surface area contributed by atoms with Crippen molar-refractivity contribution in [1.82, 2.24) is 10.2 Å². The number of amides is 1. The molecule has 1 aromatic rings. The summed E-state index contributed by atoms with van der Waals surface area (Å²) in [6, 6.07) is 2.80. The minimum absolute atomic E-state index is 0.289. The third-order valence-electron chi connectivity index (χ3n) is 3.56. The lowest BCUT2D eigenvalue weighted by atomic mass is 10.1. The van der Waals surface area contributed by atoms with Gasteiger partial charge in [0, 0.05) is 31.6 Å². The smallest absolute Gasteiger partial charge is 0.223 e. The summed E-state index contributed by atoms with van der Waals surface area (Å²) in [6.07, 6.45) is 1.50. The Hall–Kier alpha value is -0.870. The van der Waals surface area contributed by atoms with Gasteiger partial charge in [0.25, 0.3) is 0 Å². The van der Waals surface area contributed by atoms with Gasteiger partial charge in [-0.05, 0) is 42.7 Å². The van der Waals surface area contributed by atoms with Crippen molar-refractivity contribution in [3.63, 3.8) is 0 Å². The zero-order valence-corrected chi connectivity index (χ0v) is 11.3. The molecule has 0 spiro atoms. The quantitative estimate of drug-likeness (QED) is 0.891. The van der Waals surface area contributed by atoms with E-state index >= 15 is 0 Å². The molecule has 1 aliphatic heterocycles. The number of hydrogen-bond acceptors (Lipinski definition) is 3. The van der Waals surface area contributed by atoms with Gasteiger partial charge in [0.05, 0.1) is 0 Å². The molecular weight excluding hydrogens is 232 g/mol. The summed E-state index contributed by atoms with van der Waals surface area (Å²) in [5.74, 6) is 0.289. The van der Waals surface area contributed by atoms with Gasteiger partial charge in [0.1, 0.15) is 0 Å². The van der Waals surface area contributed by atoms with Gasteiger partial charge in [0.2, 0.25) is 5.91 Å². The third-order valence-corrected chi connectivity index (χ3v) is 4.29. The van der Waals surface area contributed by atoms with Gasteiger partial charge in [-0.1, -0.05) is 0 Å². The van der Waals surface area contributed by atoms with Crippen LogP contribution in [0.4, 0.5) is 0 Å². The zero-order chi connectivity index (χ0) is 12.3. The van der Waals surface area contributed by atoms with Crippen LogP contribution in [0.2, 0.25) is 0 Å². The van der Waals surface area contributed by atoms with Crippen molar-refractivity contribution in [2.24, 2.45) is 0 Å². The molecule has 94 valence electrons. The molecule has 1 amide bonds. The number of nitrogens with one attached hydrogen (secondary N) is 1. The molecule has 2 atom stereocenters. The van der Waals surface area contributed by atoms with Crippen molar-refractivity contribution in [3.8, 4) is 0 Å². The Kier molecular flexibility index (Phi) is 4.18. The van der Waals surface area contributed by atoms with Gasteiger partial charge in [-0.2, -0.15) is 11.3 Å². The number of nitrogens with zero attached hydrogens (tertiary/aromatic N) is 1. The first kappa shape index (κ1) is 12.6. The van der Waals surface area contributed by atoms with Gasteiger partial charge in [-0.15, -0.1) is 0 Å². The number of thiophene rings is 1. The Morgan fingerprint density at radius 1 is 1.59 bits per heavy atom. The molecule has 3 nitrogen and oxygen atoms in total. The topological polar surface area (TPSA) is 32.3 Å². The summed E-state index contributed by atoms with van der Waals surface area (Å²) < 4.78 is 0. The molecule has 17 heavy (non-hydrogen) atoms. The van der Waals surface area contributed by atoms with Gasteiger partial charge in [-0.3, -0.25) is 4.79 Å². The summed E-state index contributed by atoms with van der Waals surface area (Å²) in [7, 11) is 0. The van der Waals surface area contributed by atoms with Crippen LogP contribution < -0.4 is 5.32 Å². The normalized spacial score (nSPS) is 24.9. The molecular formula is C13H20N2OS. The maximum Gasteiger partial charge on any atom is 0.223 e. The Balaban J connectivity index is 1.86. The lowest BCUT2D eigenvalue weighted by molar-refractivity contribution is -0.134. The molecule has 0 aromatic carbocycles. The summed E-state index contributed by atoms with van der Waals surface area (Å²) in [5, 5.41) is 7.58. The zero-order valence-electron chi connectivity index (χ0n) is 10.5. The van der Waals surface area contributed by atoms with Crippen molar-refractivity contribution >= 4 is 17.2 Å². The molecule has 2 rings (SSSR count). The summed E-state index contributed by atoms with van der Waals surface area (Å²) in [6.45, 7) is 6.02. The molecule has 1 aromatic heterocycles. The first-order chi connectivity index (χ1) is 8.18. The largest absolute Gasteiger partial charge is 0.337 e. The maximum absolute atomic E-state index is 12.2. The van der Waals surface area contributed by atoms with Gasteiger partial charge in [-0.25, -0.2) is 0 Å². The molecule has 1 fully saturated rings. The number of piperazine rings is 1. The van der Waals surface area contributed by atoms with Gasteiger partial charge in [0.15, 0.2) is 0 Å². The fraction of sp³-hybridized carbons (Fsp3) is 0.615.